The molecule has 0 fully saturated rings. The van der Waals surface area contributed by atoms with Crippen LogP contribution >= 0.6 is 23.1 Å². The molecule has 1 N–H and O–H groups in total. The van der Waals surface area contributed by atoms with Gasteiger partial charge in [-0.25, -0.2) is 4.98 Å². The maximum absolute atomic E-state index is 12.3. The van der Waals surface area contributed by atoms with Crippen LogP contribution in [0.5, 0.6) is 5.75 Å². The molecule has 7 nitrogen and oxygen atoms in total. The first kappa shape index (κ1) is 18.5. The number of pyridine rings is 1. The normalized spacial score (nSPS) is 10.9. The zero-order valence-electron chi connectivity index (χ0n) is 15.2. The summed E-state index contributed by atoms with van der Waals surface area (Å²) in [4.78, 5) is 16.9. The van der Waals surface area contributed by atoms with Crippen molar-refractivity contribution < 1.29 is 4.74 Å². The van der Waals surface area contributed by atoms with Crippen LogP contribution in [-0.2, 0) is 5.75 Å². The van der Waals surface area contributed by atoms with Crippen LogP contribution in [0.4, 0.5) is 10.8 Å². The zero-order chi connectivity index (χ0) is 19.5. The molecule has 0 atom stereocenters. The SMILES string of the molecule is COc1ccccc1Nc1nnc(SCc2cc(=O)n3cccc(C)c3n2)s1. The second-order valence-corrected chi connectivity index (χ2v) is 8.16. The molecule has 4 aromatic rings. The lowest BCUT2D eigenvalue weighted by molar-refractivity contribution is 0.417. The first-order valence-electron chi connectivity index (χ1n) is 8.48. The number of aryl methyl sites for hydroxylation is 1. The van der Waals surface area contributed by atoms with Crippen molar-refractivity contribution in [1.29, 1.82) is 0 Å². The predicted molar refractivity (Wildman–Crippen MR) is 112 cm³/mol. The maximum Gasteiger partial charge on any atom is 0.258 e. The third-order valence-corrected chi connectivity index (χ3v) is 6.04. The Morgan fingerprint density at radius 1 is 1.21 bits per heavy atom. The topological polar surface area (TPSA) is 81.4 Å². The second kappa shape index (κ2) is 7.99. The van der Waals surface area contributed by atoms with Crippen LogP contribution in [-0.4, -0.2) is 26.7 Å². The molecule has 0 aliphatic carbocycles. The highest BCUT2D eigenvalue weighted by Crippen LogP contribution is 2.32. The number of nitrogens with one attached hydrogen (secondary N) is 1. The third kappa shape index (κ3) is 3.85. The molecule has 3 heterocycles. The van der Waals surface area contributed by atoms with Crippen molar-refractivity contribution in [1.82, 2.24) is 19.6 Å². The number of thioether (sulfide) groups is 1. The largest absolute Gasteiger partial charge is 0.495 e. The van der Waals surface area contributed by atoms with Crippen molar-refractivity contribution in [2.24, 2.45) is 0 Å². The Morgan fingerprint density at radius 3 is 2.93 bits per heavy atom. The van der Waals surface area contributed by atoms with Crippen LogP contribution in [0.1, 0.15) is 11.3 Å². The minimum atomic E-state index is -0.0832. The van der Waals surface area contributed by atoms with E-state index in [1.807, 2.05) is 43.3 Å². The van der Waals surface area contributed by atoms with Crippen molar-refractivity contribution in [2.75, 3.05) is 12.4 Å². The fraction of sp³-hybridized carbons (Fsp3) is 0.158. The van der Waals surface area contributed by atoms with Crippen LogP contribution in [0.3, 0.4) is 0 Å². The average molecular weight is 412 g/mol. The van der Waals surface area contributed by atoms with Crippen molar-refractivity contribution in [3.8, 4) is 5.75 Å². The van der Waals surface area contributed by atoms with E-state index in [0.717, 1.165) is 27.0 Å². The average Bonchev–Trinajstić information content (AvgIpc) is 3.15. The van der Waals surface area contributed by atoms with Crippen molar-refractivity contribution >= 4 is 39.6 Å². The number of ether oxygens (including phenoxy) is 1. The third-order valence-electron chi connectivity index (χ3n) is 4.04. The minimum Gasteiger partial charge on any atom is -0.495 e. The van der Waals surface area contributed by atoms with Gasteiger partial charge in [-0.1, -0.05) is 41.3 Å². The minimum absolute atomic E-state index is 0.0832. The van der Waals surface area contributed by atoms with Crippen molar-refractivity contribution in [3.05, 3.63) is 70.3 Å². The lowest BCUT2D eigenvalue weighted by Crippen LogP contribution is -2.15. The van der Waals surface area contributed by atoms with Gasteiger partial charge in [0.15, 0.2) is 4.34 Å². The van der Waals surface area contributed by atoms with Gasteiger partial charge in [0, 0.05) is 18.0 Å². The molecule has 0 bridgehead atoms. The van der Waals surface area contributed by atoms with E-state index >= 15 is 0 Å². The maximum atomic E-state index is 12.3. The van der Waals surface area contributed by atoms with Crippen LogP contribution in [0.2, 0.25) is 0 Å². The van der Waals surface area contributed by atoms with Gasteiger partial charge in [0.05, 0.1) is 18.5 Å². The molecular formula is C19H17N5O2S2. The number of hydrogen-bond donors (Lipinski definition) is 1. The van der Waals surface area contributed by atoms with Crippen molar-refractivity contribution in [3.63, 3.8) is 0 Å². The zero-order valence-corrected chi connectivity index (χ0v) is 16.9. The summed E-state index contributed by atoms with van der Waals surface area (Å²) < 4.78 is 7.69. The summed E-state index contributed by atoms with van der Waals surface area (Å²) in [5.74, 6) is 1.28. The molecule has 9 heteroatoms. The molecular weight excluding hydrogens is 394 g/mol. The van der Waals surface area contributed by atoms with E-state index in [4.69, 9.17) is 4.74 Å². The fourth-order valence-corrected chi connectivity index (χ4v) is 4.36. The molecule has 142 valence electrons. The van der Waals surface area contributed by atoms with E-state index in [2.05, 4.69) is 20.5 Å². The summed E-state index contributed by atoms with van der Waals surface area (Å²) in [6, 6.07) is 13.0. The number of rotatable bonds is 6. The molecule has 1 aromatic carbocycles. The highest BCUT2D eigenvalue weighted by atomic mass is 32.2. The lowest BCUT2D eigenvalue weighted by atomic mass is 10.3. The summed E-state index contributed by atoms with van der Waals surface area (Å²) >= 11 is 2.94. The number of fused-ring (bicyclic) bond motifs is 1. The van der Waals surface area contributed by atoms with Crippen LogP contribution in [0, 0.1) is 6.92 Å². The fourth-order valence-electron chi connectivity index (χ4n) is 2.70. The van der Waals surface area contributed by atoms with E-state index in [0.29, 0.717) is 16.5 Å². The van der Waals surface area contributed by atoms with Gasteiger partial charge < -0.3 is 10.1 Å². The molecule has 0 amide bonds. The number of para-hydroxylation sites is 2. The number of benzene rings is 1. The van der Waals surface area contributed by atoms with Crippen LogP contribution in [0.15, 0.2) is 57.8 Å². The molecule has 0 saturated carbocycles. The van der Waals surface area contributed by atoms with Crippen LogP contribution in [0.25, 0.3) is 5.65 Å². The van der Waals surface area contributed by atoms with Gasteiger partial charge >= 0.3 is 0 Å². The second-order valence-electron chi connectivity index (χ2n) is 5.96. The Morgan fingerprint density at radius 2 is 2.07 bits per heavy atom. The monoisotopic (exact) mass is 411 g/mol. The standard InChI is InChI=1S/C19H17N5O2S2/c1-12-6-5-9-24-16(25)10-13(20-17(12)24)11-27-19-23-22-18(28-19)21-14-7-3-4-8-15(14)26-2/h3-10H,11H2,1-2H3,(H,21,22). The molecule has 0 aliphatic rings. The number of aromatic nitrogens is 4. The van der Waals surface area contributed by atoms with Gasteiger partial charge in [-0.05, 0) is 30.7 Å². The number of nitrogens with zero attached hydrogens (tertiary/aromatic N) is 4. The first-order valence-corrected chi connectivity index (χ1v) is 10.3. The van der Waals surface area contributed by atoms with Gasteiger partial charge in [0.2, 0.25) is 5.13 Å². The van der Waals surface area contributed by atoms with E-state index in [-0.39, 0.29) is 5.56 Å². The van der Waals surface area contributed by atoms with E-state index < -0.39 is 0 Å². The number of methoxy groups -OCH3 is 1. The Balaban J connectivity index is 1.48. The molecule has 0 radical (unpaired) electrons. The summed E-state index contributed by atoms with van der Waals surface area (Å²) in [6.45, 7) is 1.94. The molecule has 0 unspecified atom stereocenters. The summed E-state index contributed by atoms with van der Waals surface area (Å²) in [6.07, 6.45) is 1.73. The van der Waals surface area contributed by atoms with Gasteiger partial charge in [-0.15, -0.1) is 10.2 Å². The summed E-state index contributed by atoms with van der Waals surface area (Å²) in [7, 11) is 1.63. The van der Waals surface area contributed by atoms with Gasteiger partial charge in [0.1, 0.15) is 11.4 Å². The smallest absolute Gasteiger partial charge is 0.258 e. The summed E-state index contributed by atoms with van der Waals surface area (Å²) in [5, 5.41) is 12.3. The highest BCUT2D eigenvalue weighted by molar-refractivity contribution is 8.00. The van der Waals surface area contributed by atoms with E-state index in [9.17, 15) is 4.79 Å². The molecule has 0 saturated heterocycles. The first-order chi connectivity index (χ1) is 13.6. The quantitative estimate of drug-likeness (QED) is 0.482. The lowest BCUT2D eigenvalue weighted by Gasteiger charge is -2.07. The van der Waals surface area contributed by atoms with Gasteiger partial charge in [0.25, 0.3) is 5.56 Å². The Bertz CT molecular complexity index is 1190. The van der Waals surface area contributed by atoms with E-state index in [1.54, 1.807) is 23.8 Å². The molecule has 0 aliphatic heterocycles. The van der Waals surface area contributed by atoms with Crippen molar-refractivity contribution in [2.45, 2.75) is 17.0 Å². The highest BCUT2D eigenvalue weighted by Gasteiger charge is 2.10. The van der Waals surface area contributed by atoms with Gasteiger partial charge in [-0.2, -0.15) is 0 Å². The number of anilines is 2. The predicted octanol–water partition coefficient (Wildman–Crippen LogP) is 3.90. The van der Waals surface area contributed by atoms with Crippen LogP contribution < -0.4 is 15.6 Å². The molecule has 4 rings (SSSR count). The Kier molecular flexibility index (Phi) is 5.27. The molecule has 3 aromatic heterocycles. The van der Waals surface area contributed by atoms with Gasteiger partial charge in [-0.3, -0.25) is 9.20 Å². The Hall–Kier alpha value is -2.91. The molecule has 28 heavy (non-hydrogen) atoms. The number of hydrogen-bond acceptors (Lipinski definition) is 8. The van der Waals surface area contributed by atoms with E-state index in [1.165, 1.54) is 23.1 Å². The Labute approximate surface area is 169 Å². The molecule has 0 spiro atoms. The summed E-state index contributed by atoms with van der Waals surface area (Å²) in [5.41, 5.74) is 3.11.